The lowest BCUT2D eigenvalue weighted by molar-refractivity contribution is 0.0511. The number of carbonyl (C=O) groups excluding carboxylic acids is 1. The fourth-order valence-electron chi connectivity index (χ4n) is 1.86. The molecule has 0 bridgehead atoms. The normalized spacial score (nSPS) is 11.0. The summed E-state index contributed by atoms with van der Waals surface area (Å²) in [7, 11) is 2.91. The summed E-state index contributed by atoms with van der Waals surface area (Å²) < 4.78 is 10.3. The van der Waals surface area contributed by atoms with Gasteiger partial charge in [0.25, 0.3) is 0 Å². The number of ether oxygens (including phenoxy) is 2. The second-order valence-electron chi connectivity index (χ2n) is 4.40. The molecular formula is C16H15ClN2O4. The molecule has 0 saturated carbocycles. The topological polar surface area (TPSA) is 83.1 Å². The molecule has 0 aliphatic heterocycles. The third-order valence-corrected chi connectivity index (χ3v) is 3.24. The summed E-state index contributed by atoms with van der Waals surface area (Å²) in [4.78, 5) is 17.0. The summed E-state index contributed by atoms with van der Waals surface area (Å²) in [6.07, 6.45) is 0. The largest absolute Gasteiger partial charge is 0.493 e. The van der Waals surface area contributed by atoms with Crippen LogP contribution in [0.5, 0.6) is 11.5 Å². The van der Waals surface area contributed by atoms with Gasteiger partial charge in [-0.1, -0.05) is 22.8 Å². The smallest absolute Gasteiger partial charge is 0.369 e. The van der Waals surface area contributed by atoms with E-state index in [2.05, 4.69) is 5.16 Å². The Balaban J connectivity index is 2.19. The third-order valence-electron chi connectivity index (χ3n) is 2.99. The number of nitrogens with two attached hydrogens (primary N) is 1. The van der Waals surface area contributed by atoms with Gasteiger partial charge in [-0.05, 0) is 36.4 Å². The number of hydrogen-bond donors (Lipinski definition) is 1. The van der Waals surface area contributed by atoms with Gasteiger partial charge in [0.1, 0.15) is 5.56 Å². The number of halogens is 1. The van der Waals surface area contributed by atoms with E-state index in [4.69, 9.17) is 31.6 Å². The van der Waals surface area contributed by atoms with Crippen LogP contribution >= 0.6 is 11.6 Å². The monoisotopic (exact) mass is 334 g/mol. The van der Waals surface area contributed by atoms with E-state index in [9.17, 15) is 4.79 Å². The Kier molecular flexibility index (Phi) is 5.43. The standard InChI is InChI=1S/C16H15ClN2O4/c1-21-13-5-3-4-12(14(13)22-2)16(20)23-19-15(18)10-6-8-11(17)9-7-10/h3-9H,1-2H3,(H2,18,19). The SMILES string of the molecule is COc1cccc(C(=O)O/N=C(\N)c2ccc(Cl)cc2)c1OC. The number of amidine groups is 1. The molecule has 2 rings (SSSR count). The van der Waals surface area contributed by atoms with E-state index < -0.39 is 5.97 Å². The number of para-hydroxylation sites is 1. The number of nitrogens with zero attached hydrogens (tertiary/aromatic N) is 1. The van der Waals surface area contributed by atoms with Crippen molar-refractivity contribution in [2.75, 3.05) is 14.2 Å². The lowest BCUT2D eigenvalue weighted by atomic mass is 10.2. The fourth-order valence-corrected chi connectivity index (χ4v) is 1.99. The molecule has 7 heteroatoms. The number of carbonyl (C=O) groups is 1. The molecule has 0 aliphatic rings. The van der Waals surface area contributed by atoms with Gasteiger partial charge in [0, 0.05) is 10.6 Å². The molecular weight excluding hydrogens is 320 g/mol. The van der Waals surface area contributed by atoms with Gasteiger partial charge >= 0.3 is 5.97 Å². The van der Waals surface area contributed by atoms with E-state index in [0.717, 1.165) is 0 Å². The second kappa shape index (κ2) is 7.51. The minimum atomic E-state index is -0.710. The van der Waals surface area contributed by atoms with E-state index in [-0.39, 0.29) is 17.1 Å². The number of rotatable bonds is 5. The van der Waals surface area contributed by atoms with Crippen LogP contribution in [0.4, 0.5) is 0 Å². The Morgan fingerprint density at radius 2 is 1.78 bits per heavy atom. The zero-order valence-corrected chi connectivity index (χ0v) is 13.3. The number of oxime groups is 1. The number of methoxy groups -OCH3 is 2. The van der Waals surface area contributed by atoms with Crippen LogP contribution in [0, 0.1) is 0 Å². The van der Waals surface area contributed by atoms with Crippen LogP contribution in [0.1, 0.15) is 15.9 Å². The predicted octanol–water partition coefficient (Wildman–Crippen LogP) is 2.83. The van der Waals surface area contributed by atoms with Crippen LogP contribution in [0.15, 0.2) is 47.6 Å². The summed E-state index contributed by atoms with van der Waals surface area (Å²) in [6, 6.07) is 11.5. The maximum atomic E-state index is 12.1. The molecule has 2 N–H and O–H groups in total. The fraction of sp³-hybridized carbons (Fsp3) is 0.125. The van der Waals surface area contributed by atoms with Gasteiger partial charge in [-0.25, -0.2) is 4.79 Å². The van der Waals surface area contributed by atoms with Crippen molar-refractivity contribution in [3.8, 4) is 11.5 Å². The minimum Gasteiger partial charge on any atom is -0.493 e. The molecule has 2 aromatic carbocycles. The quantitative estimate of drug-likeness (QED) is 0.393. The van der Waals surface area contributed by atoms with Crippen LogP contribution in [0.2, 0.25) is 5.02 Å². The lowest BCUT2D eigenvalue weighted by Gasteiger charge is -2.10. The maximum Gasteiger partial charge on any atom is 0.369 e. The summed E-state index contributed by atoms with van der Waals surface area (Å²) in [5.74, 6) is 0.0198. The van der Waals surface area contributed by atoms with Crippen molar-refractivity contribution in [3.63, 3.8) is 0 Å². The first-order chi connectivity index (χ1) is 11.1. The molecule has 2 aromatic rings. The Labute approximate surface area is 138 Å². The van der Waals surface area contributed by atoms with Gasteiger partial charge in [0.15, 0.2) is 17.3 Å². The van der Waals surface area contributed by atoms with Gasteiger partial charge in [0.05, 0.1) is 14.2 Å². The minimum absolute atomic E-state index is 0.0527. The van der Waals surface area contributed by atoms with Crippen molar-refractivity contribution in [3.05, 3.63) is 58.6 Å². The number of benzene rings is 2. The van der Waals surface area contributed by atoms with Crippen molar-refractivity contribution in [2.24, 2.45) is 10.9 Å². The first-order valence-electron chi connectivity index (χ1n) is 6.58. The summed E-state index contributed by atoms with van der Waals surface area (Å²) in [5.41, 5.74) is 6.54. The summed E-state index contributed by atoms with van der Waals surface area (Å²) in [6.45, 7) is 0. The highest BCUT2D eigenvalue weighted by atomic mass is 35.5. The molecule has 0 aromatic heterocycles. The zero-order valence-electron chi connectivity index (χ0n) is 12.6. The van der Waals surface area contributed by atoms with E-state index in [1.165, 1.54) is 20.3 Å². The van der Waals surface area contributed by atoms with Crippen molar-refractivity contribution >= 4 is 23.4 Å². The van der Waals surface area contributed by atoms with Crippen molar-refractivity contribution < 1.29 is 19.1 Å². The van der Waals surface area contributed by atoms with Crippen LogP contribution in [0.25, 0.3) is 0 Å². The van der Waals surface area contributed by atoms with Crippen molar-refractivity contribution in [2.45, 2.75) is 0 Å². The molecule has 0 atom stereocenters. The molecule has 120 valence electrons. The van der Waals surface area contributed by atoms with Crippen LogP contribution in [-0.2, 0) is 4.84 Å². The number of hydrogen-bond acceptors (Lipinski definition) is 5. The Bertz CT molecular complexity index is 729. The van der Waals surface area contributed by atoms with Crippen molar-refractivity contribution in [1.29, 1.82) is 0 Å². The first kappa shape index (κ1) is 16.6. The van der Waals surface area contributed by atoms with E-state index in [1.54, 1.807) is 36.4 Å². The molecule has 0 fully saturated rings. The average Bonchev–Trinajstić information content (AvgIpc) is 2.59. The van der Waals surface area contributed by atoms with Crippen molar-refractivity contribution in [1.82, 2.24) is 0 Å². The highest BCUT2D eigenvalue weighted by Gasteiger charge is 2.18. The molecule has 0 aliphatic carbocycles. The van der Waals surface area contributed by atoms with Gasteiger partial charge in [-0.15, -0.1) is 0 Å². The Morgan fingerprint density at radius 3 is 2.39 bits per heavy atom. The molecule has 0 unspecified atom stereocenters. The molecule has 23 heavy (non-hydrogen) atoms. The second-order valence-corrected chi connectivity index (χ2v) is 4.84. The highest BCUT2D eigenvalue weighted by molar-refractivity contribution is 6.30. The molecule has 0 amide bonds. The van der Waals surface area contributed by atoms with Gasteiger partial charge < -0.3 is 20.0 Å². The molecule has 0 radical (unpaired) electrons. The van der Waals surface area contributed by atoms with Crippen LogP contribution < -0.4 is 15.2 Å². The van der Waals surface area contributed by atoms with E-state index in [0.29, 0.717) is 16.3 Å². The molecule has 0 saturated heterocycles. The zero-order chi connectivity index (χ0) is 16.8. The van der Waals surface area contributed by atoms with Crippen LogP contribution in [0.3, 0.4) is 0 Å². The summed E-state index contributed by atoms with van der Waals surface area (Å²) >= 11 is 5.79. The third kappa shape index (κ3) is 3.92. The summed E-state index contributed by atoms with van der Waals surface area (Å²) in [5, 5.41) is 4.21. The molecule has 0 heterocycles. The molecule has 6 nitrogen and oxygen atoms in total. The van der Waals surface area contributed by atoms with E-state index in [1.807, 2.05) is 0 Å². The lowest BCUT2D eigenvalue weighted by Crippen LogP contribution is -2.15. The Morgan fingerprint density at radius 1 is 1.09 bits per heavy atom. The predicted molar refractivity (Wildman–Crippen MR) is 87.1 cm³/mol. The van der Waals surface area contributed by atoms with E-state index >= 15 is 0 Å². The van der Waals surface area contributed by atoms with Gasteiger partial charge in [-0.3, -0.25) is 0 Å². The van der Waals surface area contributed by atoms with Crippen LogP contribution in [-0.4, -0.2) is 26.0 Å². The first-order valence-corrected chi connectivity index (χ1v) is 6.96. The molecule has 0 spiro atoms. The highest BCUT2D eigenvalue weighted by Crippen LogP contribution is 2.31. The van der Waals surface area contributed by atoms with Gasteiger partial charge in [0.2, 0.25) is 0 Å². The Hall–Kier alpha value is -2.73. The average molecular weight is 335 g/mol. The van der Waals surface area contributed by atoms with Gasteiger partial charge in [-0.2, -0.15) is 0 Å². The maximum absolute atomic E-state index is 12.1.